The van der Waals surface area contributed by atoms with E-state index in [0.29, 0.717) is 12.0 Å². The molecule has 108 valence electrons. The summed E-state index contributed by atoms with van der Waals surface area (Å²) in [6.07, 6.45) is 8.11. The summed E-state index contributed by atoms with van der Waals surface area (Å²) in [5.41, 5.74) is 1.21. The fourth-order valence-electron chi connectivity index (χ4n) is 3.03. The Bertz CT molecular complexity index is 369. The van der Waals surface area contributed by atoms with Crippen LogP contribution in [-0.4, -0.2) is 16.1 Å². The van der Waals surface area contributed by atoms with E-state index < -0.39 is 0 Å². The van der Waals surface area contributed by atoms with Gasteiger partial charge in [-0.15, -0.1) is 5.10 Å². The van der Waals surface area contributed by atoms with Gasteiger partial charge in [-0.05, 0) is 42.8 Å². The van der Waals surface area contributed by atoms with Gasteiger partial charge in [0.15, 0.2) is 0 Å². The maximum Gasteiger partial charge on any atom is 0.0829 e. The molecule has 4 heteroatoms. The third-order valence-electron chi connectivity index (χ3n) is 4.09. The Kier molecular flexibility index (Phi) is 5.76. The highest BCUT2D eigenvalue weighted by Gasteiger charge is 2.25. The molecule has 1 heterocycles. The number of nitrogens with zero attached hydrogens (tertiary/aromatic N) is 2. The lowest BCUT2D eigenvalue weighted by Gasteiger charge is -2.22. The van der Waals surface area contributed by atoms with Crippen LogP contribution in [0.15, 0.2) is 0 Å². The molecule has 0 amide bonds. The first-order chi connectivity index (χ1) is 9.22. The highest BCUT2D eigenvalue weighted by atomic mass is 32.1. The zero-order chi connectivity index (χ0) is 13.7. The van der Waals surface area contributed by atoms with E-state index in [1.165, 1.54) is 49.1 Å². The summed E-state index contributed by atoms with van der Waals surface area (Å²) in [6.45, 7) is 7.75. The first kappa shape index (κ1) is 14.9. The highest BCUT2D eigenvalue weighted by Crippen LogP contribution is 2.36. The first-order valence-electron chi connectivity index (χ1n) is 7.77. The molecule has 1 N–H and O–H groups in total. The molecule has 1 fully saturated rings. The molecule has 0 spiro atoms. The topological polar surface area (TPSA) is 37.8 Å². The van der Waals surface area contributed by atoms with Crippen LogP contribution in [-0.2, 0) is 0 Å². The maximum absolute atomic E-state index is 4.35. The van der Waals surface area contributed by atoms with Crippen molar-refractivity contribution in [3.8, 4) is 0 Å². The van der Waals surface area contributed by atoms with Gasteiger partial charge in [-0.2, -0.15) is 0 Å². The molecule has 0 bridgehead atoms. The summed E-state index contributed by atoms with van der Waals surface area (Å²) in [4.78, 5) is 1.38. The number of aromatic nitrogens is 2. The second-order valence-electron chi connectivity index (χ2n) is 6.07. The monoisotopic (exact) mass is 281 g/mol. The van der Waals surface area contributed by atoms with Crippen LogP contribution in [0, 0.1) is 5.92 Å². The van der Waals surface area contributed by atoms with Gasteiger partial charge < -0.3 is 5.32 Å². The molecule has 1 aliphatic carbocycles. The maximum atomic E-state index is 4.35. The molecule has 2 rings (SSSR count). The molecule has 0 aliphatic heterocycles. The predicted molar refractivity (Wildman–Crippen MR) is 81.6 cm³/mol. The predicted octanol–water partition coefficient (Wildman–Crippen LogP) is 4.28. The molecule has 0 aromatic carbocycles. The first-order valence-corrected chi connectivity index (χ1v) is 8.55. The second-order valence-corrected chi connectivity index (χ2v) is 6.86. The van der Waals surface area contributed by atoms with E-state index in [1.54, 1.807) is 11.5 Å². The Labute approximate surface area is 121 Å². The van der Waals surface area contributed by atoms with E-state index in [9.17, 15) is 0 Å². The third kappa shape index (κ3) is 3.99. The van der Waals surface area contributed by atoms with Gasteiger partial charge >= 0.3 is 0 Å². The van der Waals surface area contributed by atoms with Gasteiger partial charge in [0, 0.05) is 6.04 Å². The smallest absolute Gasteiger partial charge is 0.0829 e. The SMILES string of the molecule is CCCNC(CC1CCCC1)c1snnc1C(C)C. The fourth-order valence-corrected chi connectivity index (χ4v) is 3.92. The zero-order valence-electron chi connectivity index (χ0n) is 12.5. The minimum Gasteiger partial charge on any atom is -0.309 e. The Morgan fingerprint density at radius 2 is 2.05 bits per heavy atom. The van der Waals surface area contributed by atoms with Crippen LogP contribution in [0.2, 0.25) is 0 Å². The van der Waals surface area contributed by atoms with Crippen molar-refractivity contribution in [1.82, 2.24) is 14.9 Å². The average molecular weight is 281 g/mol. The molecule has 1 aromatic rings. The number of hydrogen-bond donors (Lipinski definition) is 1. The van der Waals surface area contributed by atoms with Crippen LogP contribution in [0.5, 0.6) is 0 Å². The zero-order valence-corrected chi connectivity index (χ0v) is 13.3. The largest absolute Gasteiger partial charge is 0.309 e. The number of nitrogens with one attached hydrogen (secondary N) is 1. The summed E-state index contributed by atoms with van der Waals surface area (Å²) < 4.78 is 4.20. The van der Waals surface area contributed by atoms with Crippen molar-refractivity contribution >= 4 is 11.5 Å². The lowest BCUT2D eigenvalue weighted by atomic mass is 9.95. The van der Waals surface area contributed by atoms with Crippen LogP contribution in [0.1, 0.15) is 81.8 Å². The van der Waals surface area contributed by atoms with Crippen LogP contribution in [0.25, 0.3) is 0 Å². The van der Waals surface area contributed by atoms with Gasteiger partial charge in [0.05, 0.1) is 10.6 Å². The van der Waals surface area contributed by atoms with E-state index in [2.05, 4.69) is 35.7 Å². The van der Waals surface area contributed by atoms with Gasteiger partial charge in [0.1, 0.15) is 0 Å². The molecule has 0 radical (unpaired) electrons. The van der Waals surface area contributed by atoms with E-state index in [-0.39, 0.29) is 0 Å². The van der Waals surface area contributed by atoms with Crippen molar-refractivity contribution in [2.75, 3.05) is 6.54 Å². The van der Waals surface area contributed by atoms with Gasteiger partial charge in [-0.1, -0.05) is 50.9 Å². The lowest BCUT2D eigenvalue weighted by Crippen LogP contribution is -2.24. The van der Waals surface area contributed by atoms with Crippen LogP contribution in [0.3, 0.4) is 0 Å². The summed E-state index contributed by atoms with van der Waals surface area (Å²) in [7, 11) is 0. The molecule has 1 saturated carbocycles. The average Bonchev–Trinajstić information content (AvgIpc) is 3.04. The molecule has 3 nitrogen and oxygen atoms in total. The molecule has 1 unspecified atom stereocenters. The molecule has 0 saturated heterocycles. The minimum absolute atomic E-state index is 0.473. The molecule has 1 aliphatic rings. The van der Waals surface area contributed by atoms with Crippen molar-refractivity contribution in [3.05, 3.63) is 10.6 Å². The van der Waals surface area contributed by atoms with Crippen molar-refractivity contribution in [3.63, 3.8) is 0 Å². The van der Waals surface area contributed by atoms with Gasteiger partial charge in [0.2, 0.25) is 0 Å². The fraction of sp³-hybridized carbons (Fsp3) is 0.867. The van der Waals surface area contributed by atoms with Crippen LogP contribution < -0.4 is 5.32 Å². The van der Waals surface area contributed by atoms with Crippen molar-refractivity contribution in [2.45, 2.75) is 71.3 Å². The van der Waals surface area contributed by atoms with E-state index in [0.717, 1.165) is 12.5 Å². The van der Waals surface area contributed by atoms with E-state index in [1.807, 2.05) is 0 Å². The summed E-state index contributed by atoms with van der Waals surface area (Å²) in [5.74, 6) is 1.37. The summed E-state index contributed by atoms with van der Waals surface area (Å²) >= 11 is 1.60. The van der Waals surface area contributed by atoms with Crippen molar-refractivity contribution in [2.24, 2.45) is 5.92 Å². The van der Waals surface area contributed by atoms with Gasteiger partial charge in [0.25, 0.3) is 0 Å². The Morgan fingerprint density at radius 3 is 2.68 bits per heavy atom. The molecular weight excluding hydrogens is 254 g/mol. The van der Waals surface area contributed by atoms with Gasteiger partial charge in [-0.3, -0.25) is 0 Å². The number of rotatable bonds is 7. The normalized spacial score (nSPS) is 18.3. The van der Waals surface area contributed by atoms with Crippen molar-refractivity contribution < 1.29 is 0 Å². The molecular formula is C15H27N3S. The molecule has 1 aromatic heterocycles. The lowest BCUT2D eigenvalue weighted by molar-refractivity contribution is 0.396. The van der Waals surface area contributed by atoms with Crippen LogP contribution >= 0.6 is 11.5 Å². The summed E-state index contributed by atoms with van der Waals surface area (Å²) in [5, 5.41) is 8.07. The summed E-state index contributed by atoms with van der Waals surface area (Å²) in [6, 6.07) is 0.473. The standard InChI is InChI=1S/C15H27N3S/c1-4-9-16-13(10-12-7-5-6-8-12)15-14(11(2)3)17-18-19-15/h11-13,16H,4-10H2,1-3H3. The van der Waals surface area contributed by atoms with Crippen molar-refractivity contribution in [1.29, 1.82) is 0 Å². The third-order valence-corrected chi connectivity index (χ3v) is 4.94. The molecule has 1 atom stereocenters. The second kappa shape index (κ2) is 7.34. The Hall–Kier alpha value is -0.480. The molecule has 19 heavy (non-hydrogen) atoms. The quantitative estimate of drug-likeness (QED) is 0.810. The highest BCUT2D eigenvalue weighted by molar-refractivity contribution is 7.05. The van der Waals surface area contributed by atoms with Gasteiger partial charge in [-0.25, -0.2) is 0 Å². The Balaban J connectivity index is 2.08. The minimum atomic E-state index is 0.473. The van der Waals surface area contributed by atoms with E-state index in [4.69, 9.17) is 0 Å². The van der Waals surface area contributed by atoms with Crippen LogP contribution in [0.4, 0.5) is 0 Å². The van der Waals surface area contributed by atoms with E-state index >= 15 is 0 Å². The number of hydrogen-bond acceptors (Lipinski definition) is 4. The Morgan fingerprint density at radius 1 is 1.32 bits per heavy atom.